The molecule has 4 heteroatoms. The maximum absolute atomic E-state index is 4.88. The van der Waals surface area contributed by atoms with Gasteiger partial charge >= 0.3 is 0 Å². The average Bonchev–Trinajstić information content (AvgIpc) is 3.04. The summed E-state index contributed by atoms with van der Waals surface area (Å²) in [6.45, 7) is 3.41. The van der Waals surface area contributed by atoms with Crippen LogP contribution in [0.3, 0.4) is 0 Å². The molecule has 1 aromatic heterocycles. The van der Waals surface area contributed by atoms with Crippen LogP contribution in [-0.2, 0) is 12.0 Å². The van der Waals surface area contributed by atoms with Gasteiger partial charge in [-0.05, 0) is 74.4 Å². The fourth-order valence-corrected chi connectivity index (χ4v) is 7.98. The maximum atomic E-state index is 4.88. The van der Waals surface area contributed by atoms with Gasteiger partial charge in [-0.1, -0.05) is 50.8 Å². The molecule has 4 bridgehead atoms. The van der Waals surface area contributed by atoms with Crippen LogP contribution in [0, 0.1) is 23.7 Å². The number of thioether (sulfide) groups is 1. The van der Waals surface area contributed by atoms with Crippen molar-refractivity contribution in [2.45, 2.75) is 101 Å². The first-order valence-electron chi connectivity index (χ1n) is 11.3. The molecule has 5 fully saturated rings. The highest BCUT2D eigenvalue weighted by molar-refractivity contribution is 7.99. The van der Waals surface area contributed by atoms with Gasteiger partial charge in [0, 0.05) is 12.0 Å². The Labute approximate surface area is 163 Å². The van der Waals surface area contributed by atoms with Crippen molar-refractivity contribution in [2.24, 2.45) is 23.7 Å². The largest absolute Gasteiger partial charge is 0.306 e. The molecule has 0 N–H and O–H groups in total. The van der Waals surface area contributed by atoms with Crippen molar-refractivity contribution in [3.05, 3.63) is 5.82 Å². The van der Waals surface area contributed by atoms with Crippen molar-refractivity contribution in [2.75, 3.05) is 5.75 Å². The first kappa shape index (κ1) is 17.6. The predicted molar refractivity (Wildman–Crippen MR) is 107 cm³/mol. The van der Waals surface area contributed by atoms with Crippen molar-refractivity contribution in [3.8, 4) is 0 Å². The van der Waals surface area contributed by atoms with Gasteiger partial charge in [0.1, 0.15) is 5.82 Å². The number of aromatic nitrogens is 3. The number of hydrogen-bond donors (Lipinski definition) is 0. The fraction of sp³-hybridized carbons (Fsp3) is 0.909. The zero-order valence-corrected chi connectivity index (χ0v) is 17.3. The summed E-state index contributed by atoms with van der Waals surface area (Å²) in [5, 5.41) is 10.8. The molecule has 5 aliphatic carbocycles. The molecule has 0 unspecified atom stereocenters. The minimum absolute atomic E-state index is 0.376. The van der Waals surface area contributed by atoms with Crippen LogP contribution in [-0.4, -0.2) is 20.5 Å². The van der Waals surface area contributed by atoms with Gasteiger partial charge in [0.05, 0.1) is 0 Å². The van der Waals surface area contributed by atoms with E-state index in [1.165, 1.54) is 88.0 Å². The van der Waals surface area contributed by atoms with Gasteiger partial charge in [0.25, 0.3) is 0 Å². The second-order valence-electron chi connectivity index (χ2n) is 9.88. The molecule has 0 spiro atoms. The van der Waals surface area contributed by atoms with Crippen LogP contribution in [0.25, 0.3) is 0 Å². The van der Waals surface area contributed by atoms with Crippen LogP contribution >= 0.6 is 11.8 Å². The highest BCUT2D eigenvalue weighted by Crippen LogP contribution is 2.60. The quantitative estimate of drug-likeness (QED) is 0.588. The second-order valence-corrected chi connectivity index (χ2v) is 11.1. The molecule has 144 valence electrons. The molecule has 5 saturated carbocycles. The summed E-state index contributed by atoms with van der Waals surface area (Å²) < 4.78 is 2.59. The smallest absolute Gasteiger partial charge is 0.191 e. The minimum Gasteiger partial charge on any atom is -0.306 e. The molecule has 3 nitrogen and oxygen atoms in total. The van der Waals surface area contributed by atoms with E-state index in [1.54, 1.807) is 0 Å². The lowest BCUT2D eigenvalue weighted by atomic mass is 9.49. The molecule has 6 rings (SSSR count). The van der Waals surface area contributed by atoms with E-state index in [9.17, 15) is 0 Å². The Bertz CT molecular complexity index is 596. The van der Waals surface area contributed by atoms with Gasteiger partial charge < -0.3 is 4.57 Å². The predicted octanol–water partition coefficient (Wildman–Crippen LogP) is 5.83. The topological polar surface area (TPSA) is 30.7 Å². The molecule has 0 aliphatic heterocycles. The molecule has 0 amide bonds. The highest BCUT2D eigenvalue weighted by atomic mass is 32.2. The lowest BCUT2D eigenvalue weighted by Gasteiger charge is -2.56. The molecule has 0 radical (unpaired) electrons. The summed E-state index contributed by atoms with van der Waals surface area (Å²) in [7, 11) is 0. The van der Waals surface area contributed by atoms with Crippen molar-refractivity contribution < 1.29 is 0 Å². The average molecular weight is 374 g/mol. The van der Waals surface area contributed by atoms with E-state index in [2.05, 4.69) is 11.5 Å². The molecule has 1 aromatic rings. The summed E-state index contributed by atoms with van der Waals surface area (Å²) in [5.41, 5.74) is 0.376. The monoisotopic (exact) mass is 373 g/mol. The minimum atomic E-state index is 0.376. The number of rotatable bonds is 6. The Morgan fingerprint density at radius 1 is 0.962 bits per heavy atom. The standard InChI is InChI=1S/C22H35N3S/c1-2-26-21-24-23-20(25(21)9-8-16-6-4-3-5-7-16)22-13-17-10-18(14-22)12-19(11-17)15-22/h16-19H,2-15H2,1H3. The third-order valence-corrected chi connectivity index (χ3v) is 8.84. The Kier molecular flexibility index (Phi) is 4.83. The van der Waals surface area contributed by atoms with Gasteiger partial charge in [-0.3, -0.25) is 0 Å². The molecule has 0 saturated heterocycles. The van der Waals surface area contributed by atoms with Crippen molar-refractivity contribution in [1.29, 1.82) is 0 Å². The normalized spacial score (nSPS) is 36.7. The van der Waals surface area contributed by atoms with E-state index in [4.69, 9.17) is 10.2 Å². The van der Waals surface area contributed by atoms with Crippen LogP contribution in [0.15, 0.2) is 5.16 Å². The second kappa shape index (κ2) is 7.14. The van der Waals surface area contributed by atoms with Gasteiger partial charge in [0.15, 0.2) is 5.16 Å². The summed E-state index contributed by atoms with van der Waals surface area (Å²) in [4.78, 5) is 0. The van der Waals surface area contributed by atoms with E-state index >= 15 is 0 Å². The molecular formula is C22H35N3S. The SMILES string of the molecule is CCSc1nnc(C23CC4CC(CC(C4)C2)C3)n1CCC1CCCCC1. The molecule has 5 aliphatic rings. The van der Waals surface area contributed by atoms with Crippen LogP contribution in [0.1, 0.15) is 89.8 Å². The molecule has 0 atom stereocenters. The molecular weight excluding hydrogens is 338 g/mol. The van der Waals surface area contributed by atoms with Gasteiger partial charge in [-0.15, -0.1) is 10.2 Å². The molecule has 0 aromatic carbocycles. The van der Waals surface area contributed by atoms with Crippen LogP contribution in [0.5, 0.6) is 0 Å². The van der Waals surface area contributed by atoms with Crippen molar-refractivity contribution in [1.82, 2.24) is 14.8 Å². The first-order valence-corrected chi connectivity index (χ1v) is 12.3. The van der Waals surface area contributed by atoms with E-state index in [1.807, 2.05) is 11.8 Å². The summed E-state index contributed by atoms with van der Waals surface area (Å²) in [6, 6.07) is 0. The van der Waals surface area contributed by atoms with E-state index in [0.717, 1.165) is 36.0 Å². The molecule has 26 heavy (non-hydrogen) atoms. The van der Waals surface area contributed by atoms with Crippen molar-refractivity contribution in [3.63, 3.8) is 0 Å². The number of hydrogen-bond acceptors (Lipinski definition) is 3. The van der Waals surface area contributed by atoms with Crippen LogP contribution in [0.2, 0.25) is 0 Å². The summed E-state index contributed by atoms with van der Waals surface area (Å²) in [5.74, 6) is 6.37. The third kappa shape index (κ3) is 3.14. The van der Waals surface area contributed by atoms with Crippen molar-refractivity contribution >= 4 is 11.8 Å². The summed E-state index contributed by atoms with van der Waals surface area (Å²) in [6.07, 6.45) is 17.3. The van der Waals surface area contributed by atoms with Crippen LogP contribution in [0.4, 0.5) is 0 Å². The highest BCUT2D eigenvalue weighted by Gasteiger charge is 2.54. The Balaban J connectivity index is 1.41. The zero-order valence-electron chi connectivity index (χ0n) is 16.5. The Morgan fingerprint density at radius 2 is 1.62 bits per heavy atom. The number of nitrogens with zero attached hydrogens (tertiary/aromatic N) is 3. The van der Waals surface area contributed by atoms with E-state index in [0.29, 0.717) is 5.41 Å². The van der Waals surface area contributed by atoms with Gasteiger partial charge in [0.2, 0.25) is 0 Å². The third-order valence-electron chi connectivity index (χ3n) is 7.99. The lowest BCUT2D eigenvalue weighted by Crippen LogP contribution is -2.49. The maximum Gasteiger partial charge on any atom is 0.191 e. The zero-order chi connectivity index (χ0) is 17.6. The van der Waals surface area contributed by atoms with E-state index in [-0.39, 0.29) is 0 Å². The Morgan fingerprint density at radius 3 is 2.23 bits per heavy atom. The van der Waals surface area contributed by atoms with Gasteiger partial charge in [-0.25, -0.2) is 0 Å². The van der Waals surface area contributed by atoms with Crippen LogP contribution < -0.4 is 0 Å². The van der Waals surface area contributed by atoms with E-state index < -0.39 is 0 Å². The van der Waals surface area contributed by atoms with Gasteiger partial charge in [-0.2, -0.15) is 0 Å². The fourth-order valence-electron chi connectivity index (χ4n) is 7.29. The summed E-state index contributed by atoms with van der Waals surface area (Å²) >= 11 is 1.90. The Hall–Kier alpha value is -0.510. The lowest BCUT2D eigenvalue weighted by molar-refractivity contribution is -0.0115. The molecule has 1 heterocycles. The first-order chi connectivity index (χ1) is 12.8.